The fourth-order valence-corrected chi connectivity index (χ4v) is 2.99. The highest BCUT2D eigenvalue weighted by Gasteiger charge is 2.16. The molecule has 4 nitrogen and oxygen atoms in total. The molecule has 0 spiro atoms. The SMILES string of the molecule is COc1cc(CN2CCNCC2)c(OC)c(SC)c1. The maximum absolute atomic E-state index is 5.59. The van der Waals surface area contributed by atoms with Gasteiger partial charge in [-0.05, 0) is 18.4 Å². The van der Waals surface area contributed by atoms with Crippen LogP contribution in [0.25, 0.3) is 0 Å². The van der Waals surface area contributed by atoms with Crippen molar-refractivity contribution in [3.8, 4) is 11.5 Å². The lowest BCUT2D eigenvalue weighted by Gasteiger charge is -2.28. The maximum atomic E-state index is 5.59. The zero-order valence-electron chi connectivity index (χ0n) is 11.9. The molecule has 1 saturated heterocycles. The summed E-state index contributed by atoms with van der Waals surface area (Å²) in [6.07, 6.45) is 2.06. The molecule has 0 atom stereocenters. The minimum Gasteiger partial charge on any atom is -0.497 e. The van der Waals surface area contributed by atoms with Crippen LogP contribution in [0.5, 0.6) is 11.5 Å². The molecule has 0 aliphatic carbocycles. The van der Waals surface area contributed by atoms with E-state index in [-0.39, 0.29) is 0 Å². The fourth-order valence-electron chi connectivity index (χ4n) is 2.36. The molecule has 1 aliphatic rings. The average molecular weight is 282 g/mol. The Morgan fingerprint density at radius 2 is 1.95 bits per heavy atom. The van der Waals surface area contributed by atoms with Crippen LogP contribution in [0.3, 0.4) is 0 Å². The molecule has 1 N–H and O–H groups in total. The van der Waals surface area contributed by atoms with E-state index in [4.69, 9.17) is 9.47 Å². The average Bonchev–Trinajstić information content (AvgIpc) is 2.47. The van der Waals surface area contributed by atoms with E-state index in [1.807, 2.05) is 6.07 Å². The van der Waals surface area contributed by atoms with Crippen LogP contribution in [0.4, 0.5) is 0 Å². The van der Waals surface area contributed by atoms with Gasteiger partial charge < -0.3 is 14.8 Å². The number of rotatable bonds is 5. The van der Waals surface area contributed by atoms with Gasteiger partial charge in [0, 0.05) is 38.3 Å². The van der Waals surface area contributed by atoms with E-state index in [0.29, 0.717) is 0 Å². The van der Waals surface area contributed by atoms with Crippen LogP contribution >= 0.6 is 11.8 Å². The Hall–Kier alpha value is -0.910. The van der Waals surface area contributed by atoms with Crippen LogP contribution in [-0.4, -0.2) is 51.6 Å². The quantitative estimate of drug-likeness (QED) is 0.833. The van der Waals surface area contributed by atoms with Crippen LogP contribution in [0, 0.1) is 0 Å². The molecule has 0 radical (unpaired) electrons. The Kier molecular flexibility index (Phi) is 5.36. The summed E-state index contributed by atoms with van der Waals surface area (Å²) in [5.74, 6) is 1.88. The Bertz CT molecular complexity index is 420. The van der Waals surface area contributed by atoms with Gasteiger partial charge in [0.25, 0.3) is 0 Å². The number of nitrogens with zero attached hydrogens (tertiary/aromatic N) is 1. The lowest BCUT2D eigenvalue weighted by molar-refractivity contribution is 0.229. The number of thioether (sulfide) groups is 1. The third-order valence-electron chi connectivity index (χ3n) is 3.37. The van der Waals surface area contributed by atoms with Gasteiger partial charge in [0.15, 0.2) is 0 Å². The van der Waals surface area contributed by atoms with Gasteiger partial charge in [-0.2, -0.15) is 0 Å². The number of benzene rings is 1. The molecule has 1 aromatic carbocycles. The third kappa shape index (κ3) is 3.55. The molecule has 0 amide bonds. The first-order chi connectivity index (χ1) is 9.28. The highest BCUT2D eigenvalue weighted by Crippen LogP contribution is 2.36. The highest BCUT2D eigenvalue weighted by molar-refractivity contribution is 7.98. The summed E-state index contributed by atoms with van der Waals surface area (Å²) in [4.78, 5) is 3.57. The van der Waals surface area contributed by atoms with Gasteiger partial charge in [-0.1, -0.05) is 0 Å². The van der Waals surface area contributed by atoms with Crippen molar-refractivity contribution in [2.75, 3.05) is 46.7 Å². The van der Waals surface area contributed by atoms with Crippen molar-refractivity contribution in [2.24, 2.45) is 0 Å². The Labute approximate surface area is 119 Å². The largest absolute Gasteiger partial charge is 0.497 e. The number of hydrogen-bond donors (Lipinski definition) is 1. The van der Waals surface area contributed by atoms with Crippen LogP contribution in [0.1, 0.15) is 5.56 Å². The summed E-state index contributed by atoms with van der Waals surface area (Å²) < 4.78 is 11.0. The maximum Gasteiger partial charge on any atom is 0.137 e. The van der Waals surface area contributed by atoms with Crippen LogP contribution < -0.4 is 14.8 Å². The van der Waals surface area contributed by atoms with Gasteiger partial charge in [0.2, 0.25) is 0 Å². The number of nitrogens with one attached hydrogen (secondary N) is 1. The number of methoxy groups -OCH3 is 2. The van der Waals surface area contributed by atoms with Crippen molar-refractivity contribution in [1.82, 2.24) is 10.2 Å². The summed E-state index contributed by atoms with van der Waals surface area (Å²) in [5.41, 5.74) is 1.20. The zero-order valence-corrected chi connectivity index (χ0v) is 12.7. The Morgan fingerprint density at radius 1 is 1.21 bits per heavy atom. The zero-order chi connectivity index (χ0) is 13.7. The minimum atomic E-state index is 0.898. The minimum absolute atomic E-state index is 0.898. The molecule has 5 heteroatoms. The molecule has 106 valence electrons. The first-order valence-electron chi connectivity index (χ1n) is 6.50. The summed E-state index contributed by atoms with van der Waals surface area (Å²) >= 11 is 1.69. The first-order valence-corrected chi connectivity index (χ1v) is 7.73. The number of ether oxygens (including phenoxy) is 2. The predicted octanol–water partition coefficient (Wildman–Crippen LogP) is 1.83. The van der Waals surface area contributed by atoms with Gasteiger partial charge >= 0.3 is 0 Å². The van der Waals surface area contributed by atoms with Gasteiger partial charge in [0.1, 0.15) is 11.5 Å². The van der Waals surface area contributed by atoms with Gasteiger partial charge in [-0.25, -0.2) is 0 Å². The Balaban J connectivity index is 2.25. The normalized spacial score (nSPS) is 16.4. The van der Waals surface area contributed by atoms with Crippen molar-refractivity contribution < 1.29 is 9.47 Å². The molecule has 0 saturated carbocycles. The predicted molar refractivity (Wildman–Crippen MR) is 79.5 cm³/mol. The third-order valence-corrected chi connectivity index (χ3v) is 4.11. The monoisotopic (exact) mass is 282 g/mol. The smallest absolute Gasteiger partial charge is 0.137 e. The summed E-state index contributed by atoms with van der Waals surface area (Å²) in [6, 6.07) is 4.12. The van der Waals surface area contributed by atoms with E-state index in [1.165, 1.54) is 5.56 Å². The van der Waals surface area contributed by atoms with Crippen molar-refractivity contribution in [3.05, 3.63) is 17.7 Å². The standard InChI is InChI=1S/C14H22N2O2S/c1-17-12-8-11(10-16-6-4-15-5-7-16)14(18-2)13(9-12)19-3/h8-9,15H,4-7,10H2,1-3H3. The summed E-state index contributed by atoms with van der Waals surface area (Å²) in [7, 11) is 3.45. The molecule has 1 aliphatic heterocycles. The molecule has 2 rings (SSSR count). The second kappa shape index (κ2) is 7.03. The van der Waals surface area contributed by atoms with Crippen LogP contribution in [0.15, 0.2) is 17.0 Å². The van der Waals surface area contributed by atoms with Crippen LogP contribution in [0.2, 0.25) is 0 Å². The van der Waals surface area contributed by atoms with E-state index in [2.05, 4.69) is 22.5 Å². The molecular formula is C14H22N2O2S. The molecule has 19 heavy (non-hydrogen) atoms. The number of hydrogen-bond acceptors (Lipinski definition) is 5. The van der Waals surface area contributed by atoms with Crippen molar-refractivity contribution in [3.63, 3.8) is 0 Å². The summed E-state index contributed by atoms with van der Waals surface area (Å²) in [5, 5.41) is 3.37. The second-order valence-electron chi connectivity index (χ2n) is 4.55. The number of piperazine rings is 1. The van der Waals surface area contributed by atoms with E-state index in [9.17, 15) is 0 Å². The van der Waals surface area contributed by atoms with E-state index >= 15 is 0 Å². The van der Waals surface area contributed by atoms with Crippen molar-refractivity contribution >= 4 is 11.8 Å². The molecular weight excluding hydrogens is 260 g/mol. The van der Waals surface area contributed by atoms with Gasteiger partial charge in [-0.15, -0.1) is 11.8 Å². The molecule has 0 bridgehead atoms. The van der Waals surface area contributed by atoms with Gasteiger partial charge in [0.05, 0.1) is 19.1 Å². The Morgan fingerprint density at radius 3 is 2.53 bits per heavy atom. The lowest BCUT2D eigenvalue weighted by Crippen LogP contribution is -2.42. The van der Waals surface area contributed by atoms with Crippen molar-refractivity contribution in [1.29, 1.82) is 0 Å². The van der Waals surface area contributed by atoms with Crippen LogP contribution in [-0.2, 0) is 6.54 Å². The molecule has 1 fully saturated rings. The molecule has 1 heterocycles. The molecule has 1 aromatic rings. The molecule has 0 unspecified atom stereocenters. The van der Waals surface area contributed by atoms with E-state index in [0.717, 1.165) is 49.1 Å². The topological polar surface area (TPSA) is 33.7 Å². The second-order valence-corrected chi connectivity index (χ2v) is 5.40. The van der Waals surface area contributed by atoms with Crippen molar-refractivity contribution in [2.45, 2.75) is 11.4 Å². The fraction of sp³-hybridized carbons (Fsp3) is 0.571. The summed E-state index contributed by atoms with van der Waals surface area (Å²) in [6.45, 7) is 5.18. The molecule has 0 aromatic heterocycles. The lowest BCUT2D eigenvalue weighted by atomic mass is 10.1. The van der Waals surface area contributed by atoms with E-state index < -0.39 is 0 Å². The van der Waals surface area contributed by atoms with Gasteiger partial charge in [-0.3, -0.25) is 4.90 Å². The van der Waals surface area contributed by atoms with E-state index in [1.54, 1.807) is 26.0 Å². The first kappa shape index (κ1) is 14.5. The highest BCUT2D eigenvalue weighted by atomic mass is 32.2.